The summed E-state index contributed by atoms with van der Waals surface area (Å²) in [5.41, 5.74) is 9.92. The minimum Gasteiger partial charge on any atom is -0.334 e. The Hall–Kier alpha value is -2.34. The second-order valence-corrected chi connectivity index (χ2v) is 7.04. The minimum atomic E-state index is -0.303. The predicted molar refractivity (Wildman–Crippen MR) is 122 cm³/mol. The van der Waals surface area contributed by atoms with Crippen LogP contribution in [0, 0.1) is 0 Å². The summed E-state index contributed by atoms with van der Waals surface area (Å²) in [4.78, 5) is 17.0. The van der Waals surface area contributed by atoms with Gasteiger partial charge in [-0.25, -0.2) is 4.98 Å². The van der Waals surface area contributed by atoms with Crippen LogP contribution in [0.15, 0.2) is 60.8 Å². The third-order valence-electron chi connectivity index (χ3n) is 5.01. The van der Waals surface area contributed by atoms with Crippen LogP contribution in [0.1, 0.15) is 36.7 Å². The molecule has 0 bridgehead atoms. The number of rotatable bonds is 5. The number of amides is 1. The Labute approximate surface area is 183 Å². The van der Waals surface area contributed by atoms with E-state index in [4.69, 9.17) is 10.7 Å². The first-order valence-electron chi connectivity index (χ1n) is 9.46. The minimum absolute atomic E-state index is 0. The topological polar surface area (TPSA) is 72.9 Å². The molecule has 29 heavy (non-hydrogen) atoms. The molecule has 3 N–H and O–H groups in total. The van der Waals surface area contributed by atoms with Crippen LogP contribution in [-0.2, 0) is 17.8 Å². The number of carbonyl (C=O) groups excluding carboxylic acids is 1. The van der Waals surface area contributed by atoms with Crippen LogP contribution in [0.5, 0.6) is 0 Å². The van der Waals surface area contributed by atoms with Crippen molar-refractivity contribution in [3.8, 4) is 11.3 Å². The molecular weight excluding hydrogens is 407 g/mol. The number of hydrogen-bond acceptors (Lipinski definition) is 3. The third-order valence-corrected chi connectivity index (χ3v) is 5.01. The zero-order valence-electron chi connectivity index (χ0n) is 16.1. The molecule has 0 aliphatic carbocycles. The fourth-order valence-corrected chi connectivity index (χ4v) is 3.51. The summed E-state index contributed by atoms with van der Waals surface area (Å²) in [5.74, 6) is 1.08. The molecule has 3 aromatic rings. The smallest absolute Gasteiger partial charge is 0.226 e. The number of aromatic nitrogens is 2. The van der Waals surface area contributed by atoms with Crippen LogP contribution in [0.25, 0.3) is 11.3 Å². The average molecular weight is 433 g/mol. The van der Waals surface area contributed by atoms with Crippen molar-refractivity contribution in [2.24, 2.45) is 5.73 Å². The maximum atomic E-state index is 12.3. The van der Waals surface area contributed by atoms with E-state index < -0.39 is 0 Å². The van der Waals surface area contributed by atoms with E-state index in [-0.39, 0.29) is 43.2 Å². The summed E-state index contributed by atoms with van der Waals surface area (Å²) in [6, 6.07) is 17.2. The van der Waals surface area contributed by atoms with Crippen molar-refractivity contribution in [3.05, 3.63) is 72.2 Å². The van der Waals surface area contributed by atoms with Gasteiger partial charge < -0.3 is 15.6 Å². The lowest BCUT2D eigenvalue weighted by Crippen LogP contribution is -2.20. The van der Waals surface area contributed by atoms with Crippen LogP contribution in [0.3, 0.4) is 0 Å². The molecule has 5 nitrogen and oxygen atoms in total. The zero-order chi connectivity index (χ0) is 18.6. The fourth-order valence-electron chi connectivity index (χ4n) is 3.51. The number of fused-ring (bicyclic) bond motifs is 1. The highest BCUT2D eigenvalue weighted by Gasteiger charge is 2.14. The Morgan fingerprint density at radius 3 is 2.48 bits per heavy atom. The van der Waals surface area contributed by atoms with Crippen LogP contribution in [0.4, 0.5) is 5.69 Å². The maximum Gasteiger partial charge on any atom is 0.226 e. The third kappa shape index (κ3) is 5.60. The first kappa shape index (κ1) is 22.9. The van der Waals surface area contributed by atoms with Crippen molar-refractivity contribution in [1.29, 1.82) is 0 Å². The molecule has 1 aliphatic heterocycles. The number of benzene rings is 2. The maximum absolute atomic E-state index is 12.3. The number of anilines is 1. The summed E-state index contributed by atoms with van der Waals surface area (Å²) < 4.78 is 2.25. The number of imidazole rings is 1. The van der Waals surface area contributed by atoms with Crippen molar-refractivity contribution in [1.82, 2.24) is 9.55 Å². The highest BCUT2D eigenvalue weighted by molar-refractivity contribution is 5.91. The number of hydrogen-bond donors (Lipinski definition) is 2. The van der Waals surface area contributed by atoms with Crippen LogP contribution < -0.4 is 11.1 Å². The van der Waals surface area contributed by atoms with Gasteiger partial charge in [0, 0.05) is 42.9 Å². The fraction of sp³-hybridized carbons (Fsp3) is 0.273. The number of carbonyl (C=O) groups is 1. The monoisotopic (exact) mass is 432 g/mol. The Balaban J connectivity index is 0.00000150. The van der Waals surface area contributed by atoms with E-state index in [1.165, 1.54) is 18.7 Å². The first-order chi connectivity index (χ1) is 13.2. The number of nitrogens with two attached hydrogens (primary N) is 1. The molecule has 1 aliphatic rings. The predicted octanol–water partition coefficient (Wildman–Crippen LogP) is 4.76. The lowest BCUT2D eigenvalue weighted by molar-refractivity contribution is -0.116. The number of nitrogens with one attached hydrogen (secondary N) is 1. The normalized spacial score (nSPS) is 13.4. The van der Waals surface area contributed by atoms with E-state index in [0.717, 1.165) is 35.5 Å². The lowest BCUT2D eigenvalue weighted by atomic mass is 10.0. The lowest BCUT2D eigenvalue weighted by Gasteiger charge is -2.12. The van der Waals surface area contributed by atoms with Crippen molar-refractivity contribution in [2.75, 3.05) is 5.32 Å². The molecule has 1 amide bonds. The van der Waals surface area contributed by atoms with Gasteiger partial charge in [-0.1, -0.05) is 42.5 Å². The Morgan fingerprint density at radius 1 is 1.07 bits per heavy atom. The molecule has 0 radical (unpaired) electrons. The van der Waals surface area contributed by atoms with Gasteiger partial charge in [-0.05, 0) is 30.5 Å². The molecule has 2 heterocycles. The van der Waals surface area contributed by atoms with Crippen molar-refractivity contribution >= 4 is 36.4 Å². The van der Waals surface area contributed by atoms with Gasteiger partial charge in [0.1, 0.15) is 5.82 Å². The Bertz CT molecular complexity index is 902. The Morgan fingerprint density at radius 2 is 1.79 bits per heavy atom. The largest absolute Gasteiger partial charge is 0.334 e. The van der Waals surface area contributed by atoms with Crippen LogP contribution >= 0.6 is 24.8 Å². The van der Waals surface area contributed by atoms with Gasteiger partial charge in [-0.15, -0.1) is 24.8 Å². The molecule has 0 saturated heterocycles. The van der Waals surface area contributed by atoms with E-state index in [2.05, 4.69) is 16.1 Å². The highest BCUT2D eigenvalue weighted by Crippen LogP contribution is 2.24. The summed E-state index contributed by atoms with van der Waals surface area (Å²) in [6.07, 6.45) is 5.86. The number of nitrogens with zero attached hydrogens (tertiary/aromatic N) is 2. The number of halogens is 2. The van der Waals surface area contributed by atoms with E-state index in [9.17, 15) is 4.79 Å². The SMILES string of the molecule is Cl.Cl.NC(CC(=O)Nc1ccc(-c2cn3c(n2)CCCC3)cc1)c1ccccc1. The average Bonchev–Trinajstić information content (AvgIpc) is 3.13. The summed E-state index contributed by atoms with van der Waals surface area (Å²) in [5, 5.41) is 2.93. The van der Waals surface area contributed by atoms with Crippen LogP contribution in [0.2, 0.25) is 0 Å². The van der Waals surface area contributed by atoms with Gasteiger partial charge in [0.2, 0.25) is 5.91 Å². The van der Waals surface area contributed by atoms with E-state index in [1.54, 1.807) is 0 Å². The Kier molecular flexibility index (Phi) is 8.26. The molecule has 0 saturated carbocycles. The summed E-state index contributed by atoms with van der Waals surface area (Å²) in [7, 11) is 0. The van der Waals surface area contributed by atoms with Crippen molar-refractivity contribution < 1.29 is 4.79 Å². The molecule has 4 rings (SSSR count). The van der Waals surface area contributed by atoms with Gasteiger partial charge in [0.05, 0.1) is 5.69 Å². The van der Waals surface area contributed by atoms with E-state index in [1.807, 2.05) is 54.6 Å². The molecule has 7 heteroatoms. The molecule has 0 spiro atoms. The number of aryl methyl sites for hydroxylation is 2. The molecule has 1 unspecified atom stereocenters. The molecule has 1 atom stereocenters. The van der Waals surface area contributed by atoms with Gasteiger partial charge in [-0.2, -0.15) is 0 Å². The highest BCUT2D eigenvalue weighted by atomic mass is 35.5. The van der Waals surface area contributed by atoms with Gasteiger partial charge in [0.25, 0.3) is 0 Å². The van der Waals surface area contributed by atoms with Crippen LogP contribution in [-0.4, -0.2) is 15.5 Å². The summed E-state index contributed by atoms with van der Waals surface area (Å²) in [6.45, 7) is 1.05. The molecule has 2 aromatic carbocycles. The van der Waals surface area contributed by atoms with Gasteiger partial charge >= 0.3 is 0 Å². The molecule has 0 fully saturated rings. The standard InChI is InChI=1S/C22H24N4O.2ClH/c23-19(16-6-2-1-3-7-16)14-22(27)24-18-11-9-17(10-12-18)20-15-26-13-5-4-8-21(26)25-20;;/h1-3,6-7,9-12,15,19H,4-5,8,13-14,23H2,(H,24,27);2*1H. The molecule has 1 aromatic heterocycles. The first-order valence-corrected chi connectivity index (χ1v) is 9.46. The summed E-state index contributed by atoms with van der Waals surface area (Å²) >= 11 is 0. The van der Waals surface area contributed by atoms with Gasteiger partial charge in [0.15, 0.2) is 0 Å². The van der Waals surface area contributed by atoms with E-state index in [0.29, 0.717) is 0 Å². The van der Waals surface area contributed by atoms with Gasteiger partial charge in [-0.3, -0.25) is 4.79 Å². The van der Waals surface area contributed by atoms with Crippen molar-refractivity contribution in [3.63, 3.8) is 0 Å². The molecule has 154 valence electrons. The van der Waals surface area contributed by atoms with E-state index >= 15 is 0 Å². The second kappa shape index (κ2) is 10.4. The zero-order valence-corrected chi connectivity index (χ0v) is 17.7. The molecular formula is C22H26Cl2N4O. The quantitative estimate of drug-likeness (QED) is 0.610. The van der Waals surface area contributed by atoms with Crippen molar-refractivity contribution in [2.45, 2.75) is 38.3 Å². The second-order valence-electron chi connectivity index (χ2n) is 7.04.